The van der Waals surface area contributed by atoms with Gasteiger partial charge in [-0.15, -0.1) is 0 Å². The average Bonchev–Trinajstić information content (AvgIpc) is 2.82. The highest BCUT2D eigenvalue weighted by Gasteiger charge is 2.38. The second-order valence-corrected chi connectivity index (χ2v) is 3.71. The third-order valence-corrected chi connectivity index (χ3v) is 2.48. The van der Waals surface area contributed by atoms with Crippen molar-refractivity contribution in [3.63, 3.8) is 0 Å². The van der Waals surface area contributed by atoms with Gasteiger partial charge in [0.2, 0.25) is 0 Å². The summed E-state index contributed by atoms with van der Waals surface area (Å²) in [7, 11) is 0. The fraction of sp³-hybridized carbons (Fsp3) is 0.875. The van der Waals surface area contributed by atoms with E-state index in [0.717, 1.165) is 11.8 Å². The quantitative estimate of drug-likeness (QED) is 0.265. The normalized spacial score (nSPS) is 37.1. The molecule has 0 aromatic rings. The molecule has 0 bridgehead atoms. The van der Waals surface area contributed by atoms with Crippen LogP contribution in [0.3, 0.4) is 0 Å². The van der Waals surface area contributed by atoms with E-state index in [1.807, 2.05) is 0 Å². The summed E-state index contributed by atoms with van der Waals surface area (Å²) in [5.74, 6) is 7.85. The molecule has 0 aromatic carbocycles. The van der Waals surface area contributed by atoms with Crippen molar-refractivity contribution in [1.29, 1.82) is 0 Å². The highest BCUT2D eigenvalue weighted by Crippen LogP contribution is 2.39. The number of hydrazine groups is 1. The van der Waals surface area contributed by atoms with E-state index in [1.54, 1.807) is 0 Å². The van der Waals surface area contributed by atoms with Crippen LogP contribution in [0.4, 0.5) is 0 Å². The van der Waals surface area contributed by atoms with Gasteiger partial charge in [0.1, 0.15) is 5.84 Å². The molecule has 3 heteroatoms. The smallest absolute Gasteiger partial charge is 0.114 e. The lowest BCUT2D eigenvalue weighted by Gasteiger charge is -2.02. The van der Waals surface area contributed by atoms with E-state index in [-0.39, 0.29) is 0 Å². The lowest BCUT2D eigenvalue weighted by atomic mass is 10.3. The number of aliphatic imine (C=N–C) groups is 1. The fourth-order valence-corrected chi connectivity index (χ4v) is 1.34. The lowest BCUT2D eigenvalue weighted by Crippen LogP contribution is -2.32. The third-order valence-electron chi connectivity index (χ3n) is 2.48. The molecule has 2 aliphatic rings. The summed E-state index contributed by atoms with van der Waals surface area (Å²) in [4.78, 5) is 4.50. The van der Waals surface area contributed by atoms with Gasteiger partial charge >= 0.3 is 0 Å². The first-order valence-electron chi connectivity index (χ1n) is 4.35. The van der Waals surface area contributed by atoms with Gasteiger partial charge in [-0.25, -0.2) is 5.84 Å². The maximum Gasteiger partial charge on any atom is 0.114 e. The van der Waals surface area contributed by atoms with Crippen LogP contribution in [0.15, 0.2) is 4.99 Å². The summed E-state index contributed by atoms with van der Waals surface area (Å²) in [6.45, 7) is 2.24. The van der Waals surface area contributed by atoms with Crippen molar-refractivity contribution in [1.82, 2.24) is 5.43 Å². The average molecular weight is 153 g/mol. The molecule has 2 atom stereocenters. The molecule has 3 N–H and O–H groups in total. The molecule has 2 rings (SSSR count). The van der Waals surface area contributed by atoms with Gasteiger partial charge in [0.25, 0.3) is 0 Å². The van der Waals surface area contributed by atoms with Crippen LogP contribution in [-0.4, -0.2) is 11.9 Å². The Labute approximate surface area is 67.0 Å². The van der Waals surface area contributed by atoms with Crippen LogP contribution in [0.25, 0.3) is 0 Å². The Kier molecular flexibility index (Phi) is 1.60. The van der Waals surface area contributed by atoms with Crippen LogP contribution in [0.1, 0.15) is 26.2 Å². The van der Waals surface area contributed by atoms with E-state index in [9.17, 15) is 0 Å². The lowest BCUT2D eigenvalue weighted by molar-refractivity contribution is 0.852. The fourth-order valence-electron chi connectivity index (χ4n) is 1.34. The van der Waals surface area contributed by atoms with Crippen LogP contribution < -0.4 is 11.3 Å². The van der Waals surface area contributed by atoms with Gasteiger partial charge in [-0.2, -0.15) is 0 Å². The first kappa shape index (κ1) is 7.10. The molecule has 0 amide bonds. The Morgan fingerprint density at radius 3 is 2.55 bits per heavy atom. The molecule has 0 spiro atoms. The SMILES string of the molecule is CC1CC1C(=NC1CC1)NN. The van der Waals surface area contributed by atoms with E-state index in [2.05, 4.69) is 17.3 Å². The molecular weight excluding hydrogens is 138 g/mol. The number of hydrogen-bond donors (Lipinski definition) is 2. The molecule has 3 nitrogen and oxygen atoms in total. The Bertz CT molecular complexity index is 184. The van der Waals surface area contributed by atoms with Crippen molar-refractivity contribution in [3.05, 3.63) is 0 Å². The minimum absolute atomic E-state index is 0.592. The van der Waals surface area contributed by atoms with Gasteiger partial charge in [-0.3, -0.25) is 4.99 Å². The molecule has 0 saturated heterocycles. The molecule has 62 valence electrons. The minimum Gasteiger partial charge on any atom is -0.312 e. The number of nitrogens with two attached hydrogens (primary N) is 1. The number of amidine groups is 1. The van der Waals surface area contributed by atoms with Gasteiger partial charge in [0, 0.05) is 5.92 Å². The van der Waals surface area contributed by atoms with Gasteiger partial charge in [0.05, 0.1) is 6.04 Å². The summed E-state index contributed by atoms with van der Waals surface area (Å²) in [6.07, 6.45) is 3.77. The van der Waals surface area contributed by atoms with E-state index >= 15 is 0 Å². The molecule has 0 radical (unpaired) electrons. The third kappa shape index (κ3) is 1.53. The molecule has 11 heavy (non-hydrogen) atoms. The molecule has 2 fully saturated rings. The second kappa shape index (κ2) is 2.48. The van der Waals surface area contributed by atoms with Crippen LogP contribution in [-0.2, 0) is 0 Å². The monoisotopic (exact) mass is 153 g/mol. The molecule has 0 aromatic heterocycles. The highest BCUT2D eigenvalue weighted by molar-refractivity contribution is 5.86. The van der Waals surface area contributed by atoms with Crippen molar-refractivity contribution >= 4 is 5.84 Å². The van der Waals surface area contributed by atoms with E-state index in [4.69, 9.17) is 5.84 Å². The standard InChI is InChI=1S/C8H15N3/c1-5-4-7(5)8(11-9)10-6-2-3-6/h5-7H,2-4,9H2,1H3,(H,10,11). The van der Waals surface area contributed by atoms with Crippen molar-refractivity contribution in [2.45, 2.75) is 32.2 Å². The summed E-state index contributed by atoms with van der Waals surface area (Å²) >= 11 is 0. The predicted molar refractivity (Wildman–Crippen MR) is 45.1 cm³/mol. The summed E-state index contributed by atoms with van der Waals surface area (Å²) < 4.78 is 0. The Morgan fingerprint density at radius 1 is 1.55 bits per heavy atom. The molecule has 2 saturated carbocycles. The predicted octanol–water partition coefficient (Wildman–Crippen LogP) is 0.667. The Balaban J connectivity index is 1.94. The largest absolute Gasteiger partial charge is 0.312 e. The maximum absolute atomic E-state index is 5.37. The van der Waals surface area contributed by atoms with Gasteiger partial charge in [0.15, 0.2) is 0 Å². The minimum atomic E-state index is 0.592. The number of rotatable bonds is 2. The molecule has 2 unspecified atom stereocenters. The molecule has 0 aliphatic heterocycles. The topological polar surface area (TPSA) is 50.4 Å². The molecular formula is C8H15N3. The van der Waals surface area contributed by atoms with Crippen LogP contribution in [0.2, 0.25) is 0 Å². The molecule has 0 heterocycles. The summed E-state index contributed by atoms with van der Waals surface area (Å²) in [6, 6.07) is 0.592. The van der Waals surface area contributed by atoms with E-state index < -0.39 is 0 Å². The van der Waals surface area contributed by atoms with E-state index in [0.29, 0.717) is 12.0 Å². The second-order valence-electron chi connectivity index (χ2n) is 3.71. The van der Waals surface area contributed by atoms with Crippen molar-refractivity contribution < 1.29 is 0 Å². The van der Waals surface area contributed by atoms with Crippen LogP contribution >= 0.6 is 0 Å². The highest BCUT2D eigenvalue weighted by atomic mass is 15.3. The van der Waals surface area contributed by atoms with E-state index in [1.165, 1.54) is 19.3 Å². The Morgan fingerprint density at radius 2 is 2.18 bits per heavy atom. The summed E-state index contributed by atoms with van der Waals surface area (Å²) in [5, 5.41) is 0. The van der Waals surface area contributed by atoms with Gasteiger partial charge < -0.3 is 5.43 Å². The van der Waals surface area contributed by atoms with Crippen LogP contribution in [0, 0.1) is 11.8 Å². The van der Waals surface area contributed by atoms with Crippen molar-refractivity contribution in [2.24, 2.45) is 22.7 Å². The van der Waals surface area contributed by atoms with Crippen LogP contribution in [0.5, 0.6) is 0 Å². The first-order valence-corrected chi connectivity index (χ1v) is 4.35. The maximum atomic E-state index is 5.37. The zero-order valence-electron chi connectivity index (χ0n) is 6.88. The summed E-state index contributed by atoms with van der Waals surface area (Å²) in [5.41, 5.74) is 2.72. The van der Waals surface area contributed by atoms with Gasteiger partial charge in [-0.05, 0) is 25.2 Å². The number of nitrogens with zero attached hydrogens (tertiary/aromatic N) is 1. The zero-order chi connectivity index (χ0) is 7.84. The van der Waals surface area contributed by atoms with Gasteiger partial charge in [-0.1, -0.05) is 6.92 Å². The number of nitrogens with one attached hydrogen (secondary N) is 1. The first-order chi connectivity index (χ1) is 5.31. The van der Waals surface area contributed by atoms with Crippen molar-refractivity contribution in [2.75, 3.05) is 0 Å². The zero-order valence-corrected chi connectivity index (χ0v) is 6.88. The van der Waals surface area contributed by atoms with Crippen molar-refractivity contribution in [3.8, 4) is 0 Å². The Hall–Kier alpha value is -0.570. The molecule has 2 aliphatic carbocycles. The number of hydrogen-bond acceptors (Lipinski definition) is 2.